The summed E-state index contributed by atoms with van der Waals surface area (Å²) in [5.74, 6) is 0. The Morgan fingerprint density at radius 2 is 1.95 bits per heavy atom. The van der Waals surface area contributed by atoms with Crippen molar-refractivity contribution >= 4 is 10.9 Å². The summed E-state index contributed by atoms with van der Waals surface area (Å²) in [5.41, 5.74) is 10.8. The van der Waals surface area contributed by atoms with Crippen molar-refractivity contribution in [2.45, 2.75) is 26.9 Å². The number of fused-ring (bicyclic) bond motifs is 1. The van der Waals surface area contributed by atoms with Gasteiger partial charge in [-0.1, -0.05) is 6.07 Å². The van der Waals surface area contributed by atoms with Crippen molar-refractivity contribution in [1.82, 2.24) is 4.57 Å². The van der Waals surface area contributed by atoms with Gasteiger partial charge >= 0.3 is 0 Å². The molecular weight excluding hydrogens is 252 g/mol. The first kappa shape index (κ1) is 15.0. The fourth-order valence-corrected chi connectivity index (χ4v) is 2.51. The number of methoxy groups -OCH3 is 1. The standard InChI is InChI=1S/C16H24N2O2/c1-12-13(2)18(6-7-20-9-8-19-3)16-5-4-14(11-17)10-15(12)16/h4-5,10H,6-9,11,17H2,1-3H3. The third kappa shape index (κ3) is 3.03. The zero-order chi connectivity index (χ0) is 14.5. The normalized spacial score (nSPS) is 11.4. The number of hydrogen-bond donors (Lipinski definition) is 1. The topological polar surface area (TPSA) is 49.4 Å². The van der Waals surface area contributed by atoms with Crippen LogP contribution in [0.3, 0.4) is 0 Å². The zero-order valence-electron chi connectivity index (χ0n) is 12.6. The second kappa shape index (κ2) is 6.88. The van der Waals surface area contributed by atoms with Crippen LogP contribution in [-0.4, -0.2) is 31.5 Å². The van der Waals surface area contributed by atoms with Crippen LogP contribution >= 0.6 is 0 Å². The molecule has 0 atom stereocenters. The van der Waals surface area contributed by atoms with Crippen LogP contribution in [0.25, 0.3) is 10.9 Å². The fraction of sp³-hybridized carbons (Fsp3) is 0.500. The number of rotatable bonds is 7. The Labute approximate surface area is 120 Å². The molecule has 0 unspecified atom stereocenters. The Bertz CT molecular complexity index is 575. The molecule has 2 N–H and O–H groups in total. The summed E-state index contributed by atoms with van der Waals surface area (Å²) in [5, 5.41) is 1.29. The minimum absolute atomic E-state index is 0.583. The molecule has 4 nitrogen and oxygen atoms in total. The lowest BCUT2D eigenvalue weighted by molar-refractivity contribution is 0.0668. The van der Waals surface area contributed by atoms with E-state index in [1.807, 2.05) is 0 Å². The molecule has 0 saturated heterocycles. The van der Waals surface area contributed by atoms with Gasteiger partial charge in [-0.2, -0.15) is 0 Å². The van der Waals surface area contributed by atoms with Crippen LogP contribution in [0.1, 0.15) is 16.8 Å². The van der Waals surface area contributed by atoms with Gasteiger partial charge in [-0.3, -0.25) is 0 Å². The third-order valence-electron chi connectivity index (χ3n) is 3.83. The number of nitrogens with zero attached hydrogens (tertiary/aromatic N) is 1. The molecule has 0 amide bonds. The number of benzene rings is 1. The molecule has 4 heteroatoms. The molecule has 20 heavy (non-hydrogen) atoms. The second-order valence-corrected chi connectivity index (χ2v) is 5.02. The third-order valence-corrected chi connectivity index (χ3v) is 3.83. The highest BCUT2D eigenvalue weighted by molar-refractivity contribution is 5.86. The Hall–Kier alpha value is -1.36. The molecule has 2 rings (SSSR count). The van der Waals surface area contributed by atoms with E-state index < -0.39 is 0 Å². The predicted octanol–water partition coefficient (Wildman–Crippen LogP) is 2.38. The highest BCUT2D eigenvalue weighted by Crippen LogP contribution is 2.26. The number of aryl methyl sites for hydroxylation is 1. The molecule has 2 aromatic rings. The van der Waals surface area contributed by atoms with E-state index in [2.05, 4.69) is 36.6 Å². The Balaban J connectivity index is 2.18. The fourth-order valence-electron chi connectivity index (χ4n) is 2.51. The van der Waals surface area contributed by atoms with E-state index in [0.29, 0.717) is 26.4 Å². The summed E-state index contributed by atoms with van der Waals surface area (Å²) >= 11 is 0. The van der Waals surface area contributed by atoms with E-state index in [0.717, 1.165) is 6.54 Å². The van der Waals surface area contributed by atoms with E-state index in [9.17, 15) is 0 Å². The maximum absolute atomic E-state index is 5.72. The molecule has 0 aliphatic carbocycles. The minimum Gasteiger partial charge on any atom is -0.382 e. The monoisotopic (exact) mass is 276 g/mol. The van der Waals surface area contributed by atoms with E-state index in [-0.39, 0.29) is 0 Å². The number of hydrogen-bond acceptors (Lipinski definition) is 3. The van der Waals surface area contributed by atoms with Crippen LogP contribution in [0.2, 0.25) is 0 Å². The molecule has 110 valence electrons. The molecule has 1 heterocycles. The average Bonchev–Trinajstić information content (AvgIpc) is 2.71. The van der Waals surface area contributed by atoms with Gasteiger partial charge < -0.3 is 19.8 Å². The van der Waals surface area contributed by atoms with Crippen LogP contribution in [0, 0.1) is 13.8 Å². The lowest BCUT2D eigenvalue weighted by Gasteiger charge is -2.09. The highest BCUT2D eigenvalue weighted by Gasteiger charge is 2.10. The van der Waals surface area contributed by atoms with Crippen LogP contribution < -0.4 is 5.73 Å². The SMILES string of the molecule is COCCOCCn1c(C)c(C)c2cc(CN)ccc21. The molecule has 0 fully saturated rings. The molecule has 0 aliphatic rings. The van der Waals surface area contributed by atoms with Crippen molar-refractivity contribution in [3.63, 3.8) is 0 Å². The van der Waals surface area contributed by atoms with Gasteiger partial charge in [0.05, 0.1) is 19.8 Å². The summed E-state index contributed by atoms with van der Waals surface area (Å²) in [6.45, 7) is 7.76. The van der Waals surface area contributed by atoms with Gasteiger partial charge in [-0.05, 0) is 37.1 Å². The molecule has 0 radical (unpaired) electrons. The minimum atomic E-state index is 0.583. The Morgan fingerprint density at radius 1 is 1.15 bits per heavy atom. The number of ether oxygens (including phenoxy) is 2. The molecule has 1 aromatic carbocycles. The zero-order valence-corrected chi connectivity index (χ0v) is 12.6. The average molecular weight is 276 g/mol. The van der Waals surface area contributed by atoms with Gasteiger partial charge in [-0.25, -0.2) is 0 Å². The number of nitrogens with two attached hydrogens (primary N) is 1. The van der Waals surface area contributed by atoms with Crippen molar-refractivity contribution in [1.29, 1.82) is 0 Å². The van der Waals surface area contributed by atoms with Gasteiger partial charge in [0.2, 0.25) is 0 Å². The van der Waals surface area contributed by atoms with Gasteiger partial charge in [-0.15, -0.1) is 0 Å². The van der Waals surface area contributed by atoms with Gasteiger partial charge in [0.15, 0.2) is 0 Å². The van der Waals surface area contributed by atoms with Crippen molar-refractivity contribution in [2.24, 2.45) is 5.73 Å². The molecular formula is C16H24N2O2. The lowest BCUT2D eigenvalue weighted by Crippen LogP contribution is -2.10. The van der Waals surface area contributed by atoms with Crippen LogP contribution in [0.15, 0.2) is 18.2 Å². The molecule has 0 saturated carbocycles. The Kier molecular flexibility index (Phi) is 5.17. The quantitative estimate of drug-likeness (QED) is 0.790. The summed E-state index contributed by atoms with van der Waals surface area (Å²) in [4.78, 5) is 0. The predicted molar refractivity (Wildman–Crippen MR) is 82.0 cm³/mol. The van der Waals surface area contributed by atoms with E-state index in [1.54, 1.807) is 7.11 Å². The second-order valence-electron chi connectivity index (χ2n) is 5.02. The largest absolute Gasteiger partial charge is 0.382 e. The van der Waals surface area contributed by atoms with Gasteiger partial charge in [0, 0.05) is 36.8 Å². The Morgan fingerprint density at radius 3 is 2.65 bits per heavy atom. The van der Waals surface area contributed by atoms with E-state index in [1.165, 1.54) is 27.7 Å². The van der Waals surface area contributed by atoms with Gasteiger partial charge in [0.25, 0.3) is 0 Å². The first-order chi connectivity index (χ1) is 9.69. The van der Waals surface area contributed by atoms with Crippen LogP contribution in [0.4, 0.5) is 0 Å². The van der Waals surface area contributed by atoms with Gasteiger partial charge in [0.1, 0.15) is 0 Å². The molecule has 1 aromatic heterocycles. The van der Waals surface area contributed by atoms with Crippen molar-refractivity contribution < 1.29 is 9.47 Å². The number of aromatic nitrogens is 1. The van der Waals surface area contributed by atoms with E-state index >= 15 is 0 Å². The molecule has 0 aliphatic heterocycles. The molecule has 0 spiro atoms. The maximum atomic E-state index is 5.72. The summed E-state index contributed by atoms with van der Waals surface area (Å²) in [6, 6.07) is 6.45. The summed E-state index contributed by atoms with van der Waals surface area (Å²) < 4.78 is 12.9. The van der Waals surface area contributed by atoms with Crippen LogP contribution in [0.5, 0.6) is 0 Å². The first-order valence-electron chi connectivity index (χ1n) is 7.04. The highest BCUT2D eigenvalue weighted by atomic mass is 16.5. The smallest absolute Gasteiger partial charge is 0.0701 e. The summed E-state index contributed by atoms with van der Waals surface area (Å²) in [7, 11) is 1.69. The van der Waals surface area contributed by atoms with Crippen molar-refractivity contribution in [3.8, 4) is 0 Å². The first-order valence-corrected chi connectivity index (χ1v) is 7.04. The molecule has 0 bridgehead atoms. The summed E-state index contributed by atoms with van der Waals surface area (Å²) in [6.07, 6.45) is 0. The van der Waals surface area contributed by atoms with E-state index in [4.69, 9.17) is 15.2 Å². The van der Waals surface area contributed by atoms with Crippen LogP contribution in [-0.2, 0) is 22.6 Å². The van der Waals surface area contributed by atoms with Crippen molar-refractivity contribution in [2.75, 3.05) is 26.9 Å². The maximum Gasteiger partial charge on any atom is 0.0701 e. The lowest BCUT2D eigenvalue weighted by atomic mass is 10.1. The van der Waals surface area contributed by atoms with Crippen molar-refractivity contribution in [3.05, 3.63) is 35.0 Å².